The van der Waals surface area contributed by atoms with E-state index in [0.29, 0.717) is 17.2 Å². The van der Waals surface area contributed by atoms with Gasteiger partial charge in [0, 0.05) is 6.61 Å². The molecule has 0 unspecified atom stereocenters. The van der Waals surface area contributed by atoms with Crippen LogP contribution in [-0.2, 0) is 4.74 Å². The second kappa shape index (κ2) is 12.8. The molecule has 3 aliphatic carbocycles. The van der Waals surface area contributed by atoms with E-state index in [1.54, 1.807) is 0 Å². The Bertz CT molecular complexity index is 738. The van der Waals surface area contributed by atoms with Crippen LogP contribution in [-0.4, -0.2) is 12.7 Å². The van der Waals surface area contributed by atoms with Crippen molar-refractivity contribution >= 4 is 0 Å². The van der Waals surface area contributed by atoms with Crippen molar-refractivity contribution < 1.29 is 13.5 Å². The lowest BCUT2D eigenvalue weighted by Crippen LogP contribution is -2.28. The Hall–Kier alpha value is -0.960. The van der Waals surface area contributed by atoms with Crippen molar-refractivity contribution in [3.63, 3.8) is 0 Å². The first-order chi connectivity index (χ1) is 16.6. The Morgan fingerprint density at radius 3 is 1.68 bits per heavy atom. The molecule has 1 nitrogen and oxygen atoms in total. The average molecular weight is 475 g/mol. The van der Waals surface area contributed by atoms with Crippen LogP contribution in [0.1, 0.15) is 140 Å². The number of rotatable bonds is 9. The molecule has 3 aliphatic rings. The maximum Gasteiger partial charge on any atom is 0.162 e. The van der Waals surface area contributed by atoms with Gasteiger partial charge < -0.3 is 4.74 Å². The highest BCUT2D eigenvalue weighted by atomic mass is 19.2. The Labute approximate surface area is 207 Å². The van der Waals surface area contributed by atoms with Gasteiger partial charge in [0.15, 0.2) is 11.6 Å². The average Bonchev–Trinajstić information content (AvgIpc) is 2.87. The summed E-state index contributed by atoms with van der Waals surface area (Å²) in [6, 6.07) is 3.89. The molecular weight excluding hydrogens is 426 g/mol. The molecule has 192 valence electrons. The summed E-state index contributed by atoms with van der Waals surface area (Å²) in [4.78, 5) is 0. The third-order valence-electron chi connectivity index (χ3n) is 9.64. The van der Waals surface area contributed by atoms with Crippen LogP contribution in [0.2, 0.25) is 0 Å². The van der Waals surface area contributed by atoms with Gasteiger partial charge in [0.25, 0.3) is 0 Å². The van der Waals surface area contributed by atoms with Crippen LogP contribution in [0.5, 0.6) is 0 Å². The fraction of sp³-hybridized carbons (Fsp3) is 0.806. The molecule has 0 saturated heterocycles. The summed E-state index contributed by atoms with van der Waals surface area (Å²) in [5.74, 6) is 1.67. The first-order valence-corrected chi connectivity index (χ1v) is 14.7. The molecule has 3 saturated carbocycles. The summed E-state index contributed by atoms with van der Waals surface area (Å²) in [6.45, 7) is 5.15. The van der Waals surface area contributed by atoms with Gasteiger partial charge in [0.1, 0.15) is 0 Å². The van der Waals surface area contributed by atoms with Gasteiger partial charge in [0.05, 0.1) is 6.10 Å². The smallest absolute Gasteiger partial charge is 0.162 e. The number of hydrogen-bond donors (Lipinski definition) is 0. The zero-order valence-electron chi connectivity index (χ0n) is 21.8. The van der Waals surface area contributed by atoms with E-state index in [0.717, 1.165) is 50.0 Å². The monoisotopic (exact) mass is 474 g/mol. The van der Waals surface area contributed by atoms with Crippen molar-refractivity contribution in [2.24, 2.45) is 17.8 Å². The number of halogens is 2. The minimum atomic E-state index is -0.539. The topological polar surface area (TPSA) is 9.23 Å². The van der Waals surface area contributed by atoms with E-state index in [4.69, 9.17) is 4.74 Å². The molecule has 0 spiro atoms. The Morgan fingerprint density at radius 2 is 1.18 bits per heavy atom. The minimum Gasteiger partial charge on any atom is -0.379 e. The molecule has 1 aromatic carbocycles. The number of benzene rings is 1. The maximum atomic E-state index is 15.3. The van der Waals surface area contributed by atoms with Crippen molar-refractivity contribution in [2.75, 3.05) is 6.61 Å². The zero-order valence-corrected chi connectivity index (χ0v) is 21.8. The molecule has 0 N–H and O–H groups in total. The second-order valence-corrected chi connectivity index (χ2v) is 11.7. The van der Waals surface area contributed by atoms with E-state index in [2.05, 4.69) is 13.8 Å². The van der Waals surface area contributed by atoms with Crippen molar-refractivity contribution in [3.05, 3.63) is 34.9 Å². The van der Waals surface area contributed by atoms with Crippen LogP contribution >= 0.6 is 0 Å². The molecule has 0 heterocycles. The van der Waals surface area contributed by atoms with Crippen LogP contribution in [0.25, 0.3) is 0 Å². The quantitative estimate of drug-likeness (QED) is 0.324. The van der Waals surface area contributed by atoms with Gasteiger partial charge in [-0.25, -0.2) is 8.78 Å². The normalized spacial score (nSPS) is 32.6. The summed E-state index contributed by atoms with van der Waals surface area (Å²) >= 11 is 0. The zero-order chi connectivity index (χ0) is 23.9. The molecule has 0 bridgehead atoms. The van der Waals surface area contributed by atoms with E-state index in [-0.39, 0.29) is 11.8 Å². The van der Waals surface area contributed by atoms with Gasteiger partial charge in [-0.1, -0.05) is 44.7 Å². The lowest BCUT2D eigenvalue weighted by atomic mass is 9.69. The summed E-state index contributed by atoms with van der Waals surface area (Å²) in [6.07, 6.45) is 19.4. The van der Waals surface area contributed by atoms with Crippen molar-refractivity contribution in [3.8, 4) is 0 Å². The Morgan fingerprint density at radius 1 is 0.676 bits per heavy atom. The number of ether oxygens (including phenoxy) is 1. The molecule has 0 atom stereocenters. The van der Waals surface area contributed by atoms with Gasteiger partial charge >= 0.3 is 0 Å². The van der Waals surface area contributed by atoms with Gasteiger partial charge in [-0.05, 0) is 125 Å². The first-order valence-electron chi connectivity index (χ1n) is 14.7. The van der Waals surface area contributed by atoms with Crippen LogP contribution < -0.4 is 0 Å². The summed E-state index contributed by atoms with van der Waals surface area (Å²) < 4.78 is 36.3. The SMILES string of the molecule is CCCCCC1CCC(c2ccc(C3CCC(C4CCC(OCC)CC4)CC3)c(F)c2F)CC1. The molecule has 0 aliphatic heterocycles. The Kier molecular flexibility index (Phi) is 9.86. The largest absolute Gasteiger partial charge is 0.379 e. The molecule has 0 aromatic heterocycles. The number of unbranched alkanes of at least 4 members (excludes halogenated alkanes) is 2. The van der Waals surface area contributed by atoms with E-state index in [9.17, 15) is 0 Å². The van der Waals surface area contributed by atoms with Crippen LogP contribution in [0.4, 0.5) is 8.78 Å². The van der Waals surface area contributed by atoms with Crippen molar-refractivity contribution in [2.45, 2.75) is 135 Å². The maximum absolute atomic E-state index is 15.3. The van der Waals surface area contributed by atoms with Gasteiger partial charge in [-0.2, -0.15) is 0 Å². The van der Waals surface area contributed by atoms with Crippen LogP contribution in [0.15, 0.2) is 12.1 Å². The standard InChI is InChI=1S/C31H48F2O/c1-3-5-6-7-22-8-10-25(11-9-22)28-20-21-29(31(33)30(28)32)26-14-12-23(13-15-26)24-16-18-27(19-17-24)34-4-2/h20-27H,3-19H2,1-2H3. The third kappa shape index (κ3) is 6.42. The van der Waals surface area contributed by atoms with E-state index in [1.165, 1.54) is 77.0 Å². The molecule has 4 rings (SSSR count). The Balaban J connectivity index is 1.28. The predicted molar refractivity (Wildman–Crippen MR) is 137 cm³/mol. The highest BCUT2D eigenvalue weighted by Gasteiger charge is 2.33. The predicted octanol–water partition coefficient (Wildman–Crippen LogP) is 9.69. The van der Waals surface area contributed by atoms with Crippen molar-refractivity contribution in [1.82, 2.24) is 0 Å². The highest BCUT2D eigenvalue weighted by Crippen LogP contribution is 2.45. The molecule has 3 heteroatoms. The first kappa shape index (κ1) is 26.1. The lowest BCUT2D eigenvalue weighted by molar-refractivity contribution is 0.0145. The second-order valence-electron chi connectivity index (χ2n) is 11.7. The summed E-state index contributed by atoms with van der Waals surface area (Å²) in [7, 11) is 0. The van der Waals surface area contributed by atoms with E-state index >= 15 is 8.78 Å². The number of hydrogen-bond acceptors (Lipinski definition) is 1. The fourth-order valence-electron chi connectivity index (χ4n) is 7.52. The molecule has 1 aromatic rings. The molecule has 0 amide bonds. The molecule has 0 radical (unpaired) electrons. The fourth-order valence-corrected chi connectivity index (χ4v) is 7.52. The molecular formula is C31H48F2O. The van der Waals surface area contributed by atoms with Crippen LogP contribution in [0.3, 0.4) is 0 Å². The van der Waals surface area contributed by atoms with E-state index in [1.807, 2.05) is 12.1 Å². The molecule has 3 fully saturated rings. The van der Waals surface area contributed by atoms with Gasteiger partial charge in [-0.15, -0.1) is 0 Å². The third-order valence-corrected chi connectivity index (χ3v) is 9.64. The lowest BCUT2D eigenvalue weighted by Gasteiger charge is -2.38. The summed E-state index contributed by atoms with van der Waals surface area (Å²) in [5, 5.41) is 0. The highest BCUT2D eigenvalue weighted by molar-refractivity contribution is 5.32. The minimum absolute atomic E-state index is 0.189. The van der Waals surface area contributed by atoms with Gasteiger partial charge in [0.2, 0.25) is 0 Å². The van der Waals surface area contributed by atoms with E-state index < -0.39 is 11.6 Å². The van der Waals surface area contributed by atoms with Crippen LogP contribution in [0, 0.1) is 29.4 Å². The van der Waals surface area contributed by atoms with Gasteiger partial charge in [-0.3, -0.25) is 0 Å². The molecule has 34 heavy (non-hydrogen) atoms. The van der Waals surface area contributed by atoms with Crippen molar-refractivity contribution in [1.29, 1.82) is 0 Å². The summed E-state index contributed by atoms with van der Waals surface area (Å²) in [5.41, 5.74) is 1.29.